The number of aliphatic hydroxyl groups is 7. The van der Waals surface area contributed by atoms with Gasteiger partial charge >= 0.3 is 0 Å². The number of allylic oxidation sites excluding steroid dienone is 2. The standard InChI is InChI=1S/C31H59NO10/c1-3-5-7-9-10-11-12-13-15-17-19-24(35)30(40)32-22(26(36)23(34)18-16-14-8-6-4-2)21-41-31-29(39)28(38)27(37)25(20-33)42-31/h9-10,22-29,31,33-39H,3-8,11-21H2,1-2H3,(H,32,40)/b10-9-. The number of carbonyl (C=O) groups is 1. The Balaban J connectivity index is 2.66. The zero-order valence-corrected chi connectivity index (χ0v) is 25.7. The molecule has 1 saturated heterocycles. The van der Waals surface area contributed by atoms with Crippen molar-refractivity contribution in [3.8, 4) is 0 Å². The molecule has 0 spiro atoms. The Kier molecular flexibility index (Phi) is 21.5. The number of hydrogen-bond donors (Lipinski definition) is 8. The van der Waals surface area contributed by atoms with E-state index in [0.29, 0.717) is 19.3 Å². The molecular weight excluding hydrogens is 546 g/mol. The van der Waals surface area contributed by atoms with E-state index in [1.807, 2.05) is 0 Å². The first kappa shape index (κ1) is 38.9. The fraction of sp³-hybridized carbons (Fsp3) is 0.903. The van der Waals surface area contributed by atoms with Gasteiger partial charge in [-0.2, -0.15) is 0 Å². The van der Waals surface area contributed by atoms with Gasteiger partial charge in [-0.05, 0) is 32.1 Å². The summed E-state index contributed by atoms with van der Waals surface area (Å²) in [5.41, 5.74) is 0. The Bertz CT molecular complexity index is 709. The van der Waals surface area contributed by atoms with Gasteiger partial charge in [-0.15, -0.1) is 0 Å². The van der Waals surface area contributed by atoms with Crippen LogP contribution in [0.2, 0.25) is 0 Å². The van der Waals surface area contributed by atoms with E-state index in [4.69, 9.17) is 9.47 Å². The number of unbranched alkanes of at least 4 members (excludes halogenated alkanes) is 10. The number of amides is 1. The van der Waals surface area contributed by atoms with Gasteiger partial charge in [0.05, 0.1) is 25.4 Å². The van der Waals surface area contributed by atoms with E-state index in [0.717, 1.165) is 57.8 Å². The zero-order chi connectivity index (χ0) is 31.3. The summed E-state index contributed by atoms with van der Waals surface area (Å²) in [5, 5.41) is 74.3. The highest BCUT2D eigenvalue weighted by Crippen LogP contribution is 2.23. The molecule has 1 aliphatic rings. The lowest BCUT2D eigenvalue weighted by Gasteiger charge is -2.40. The highest BCUT2D eigenvalue weighted by molar-refractivity contribution is 5.80. The average molecular weight is 606 g/mol. The number of hydrogen-bond acceptors (Lipinski definition) is 10. The van der Waals surface area contributed by atoms with Crippen LogP contribution >= 0.6 is 0 Å². The molecule has 1 heterocycles. The molecule has 1 amide bonds. The predicted molar refractivity (Wildman–Crippen MR) is 159 cm³/mol. The summed E-state index contributed by atoms with van der Waals surface area (Å²) in [4.78, 5) is 12.8. The lowest BCUT2D eigenvalue weighted by atomic mass is 9.98. The molecule has 11 nitrogen and oxygen atoms in total. The summed E-state index contributed by atoms with van der Waals surface area (Å²) in [6, 6.07) is -1.16. The van der Waals surface area contributed by atoms with E-state index in [1.165, 1.54) is 12.8 Å². The van der Waals surface area contributed by atoms with Crippen LogP contribution in [0.25, 0.3) is 0 Å². The van der Waals surface area contributed by atoms with Crippen LogP contribution in [0.15, 0.2) is 12.2 Å². The lowest BCUT2D eigenvalue weighted by molar-refractivity contribution is -0.303. The number of ether oxygens (including phenoxy) is 2. The van der Waals surface area contributed by atoms with E-state index in [9.17, 15) is 40.5 Å². The van der Waals surface area contributed by atoms with Crippen LogP contribution in [-0.4, -0.2) is 110 Å². The number of rotatable bonds is 24. The molecule has 8 N–H and O–H groups in total. The van der Waals surface area contributed by atoms with Gasteiger partial charge < -0.3 is 50.5 Å². The van der Waals surface area contributed by atoms with Crippen molar-refractivity contribution in [1.82, 2.24) is 5.32 Å². The molecule has 42 heavy (non-hydrogen) atoms. The van der Waals surface area contributed by atoms with E-state index in [1.54, 1.807) is 0 Å². The van der Waals surface area contributed by atoms with Gasteiger partial charge in [0, 0.05) is 0 Å². The molecule has 1 rings (SSSR count). The smallest absolute Gasteiger partial charge is 0.249 e. The third-order valence-electron chi connectivity index (χ3n) is 7.82. The summed E-state index contributed by atoms with van der Waals surface area (Å²) in [7, 11) is 0. The van der Waals surface area contributed by atoms with Crippen LogP contribution in [0, 0.1) is 0 Å². The lowest BCUT2D eigenvalue weighted by Crippen LogP contribution is -2.60. The van der Waals surface area contributed by atoms with Crippen molar-refractivity contribution in [3.63, 3.8) is 0 Å². The van der Waals surface area contributed by atoms with E-state index >= 15 is 0 Å². The normalized spacial score (nSPS) is 25.8. The molecule has 0 bridgehead atoms. The second kappa shape index (κ2) is 23.3. The van der Waals surface area contributed by atoms with Crippen LogP contribution < -0.4 is 5.32 Å². The van der Waals surface area contributed by atoms with Crippen molar-refractivity contribution in [2.75, 3.05) is 13.2 Å². The van der Waals surface area contributed by atoms with E-state index < -0.39 is 74.2 Å². The van der Waals surface area contributed by atoms with Crippen molar-refractivity contribution in [2.45, 2.75) is 165 Å². The fourth-order valence-corrected chi connectivity index (χ4v) is 4.95. The molecule has 0 aromatic rings. The van der Waals surface area contributed by atoms with Crippen molar-refractivity contribution >= 4 is 5.91 Å². The first-order chi connectivity index (χ1) is 20.2. The molecule has 248 valence electrons. The minimum Gasteiger partial charge on any atom is -0.394 e. The predicted octanol–water partition coefficient (Wildman–Crippen LogP) is 1.82. The van der Waals surface area contributed by atoms with Gasteiger partial charge in [0.15, 0.2) is 6.29 Å². The summed E-state index contributed by atoms with van der Waals surface area (Å²) in [6.07, 6.45) is 6.35. The number of carbonyl (C=O) groups excluding carboxylic acids is 1. The Morgan fingerprint density at radius 2 is 1.40 bits per heavy atom. The van der Waals surface area contributed by atoms with E-state index in [2.05, 4.69) is 31.3 Å². The minimum atomic E-state index is -1.66. The maximum Gasteiger partial charge on any atom is 0.249 e. The summed E-state index contributed by atoms with van der Waals surface area (Å²) in [6.45, 7) is 3.21. The van der Waals surface area contributed by atoms with E-state index in [-0.39, 0.29) is 6.42 Å². The highest BCUT2D eigenvalue weighted by atomic mass is 16.7. The first-order valence-corrected chi connectivity index (χ1v) is 16.1. The summed E-state index contributed by atoms with van der Waals surface area (Å²) >= 11 is 0. The van der Waals surface area contributed by atoms with Gasteiger partial charge in [-0.25, -0.2) is 0 Å². The molecule has 0 aliphatic carbocycles. The Labute approximate surface area is 251 Å². The molecule has 0 saturated carbocycles. The van der Waals surface area contributed by atoms with Gasteiger partial charge in [0.1, 0.15) is 36.6 Å². The van der Waals surface area contributed by atoms with Crippen LogP contribution in [0.3, 0.4) is 0 Å². The van der Waals surface area contributed by atoms with Crippen LogP contribution in [-0.2, 0) is 14.3 Å². The molecule has 9 unspecified atom stereocenters. The quantitative estimate of drug-likeness (QED) is 0.0595. The maximum atomic E-state index is 12.8. The van der Waals surface area contributed by atoms with Crippen molar-refractivity contribution < 1.29 is 50.0 Å². The SMILES string of the molecule is CCCC/C=C\CCCCCCC(O)C(=O)NC(COC1OC(CO)C(O)C(O)C1O)C(O)C(O)CCCCCCC. The summed E-state index contributed by atoms with van der Waals surface area (Å²) < 4.78 is 10.9. The van der Waals surface area contributed by atoms with Crippen LogP contribution in [0.1, 0.15) is 110 Å². The Morgan fingerprint density at radius 1 is 0.810 bits per heavy atom. The minimum absolute atomic E-state index is 0.245. The topological polar surface area (TPSA) is 189 Å². The largest absolute Gasteiger partial charge is 0.394 e. The van der Waals surface area contributed by atoms with Crippen molar-refractivity contribution in [3.05, 3.63) is 12.2 Å². The molecule has 0 aromatic carbocycles. The molecule has 0 radical (unpaired) electrons. The van der Waals surface area contributed by atoms with Gasteiger partial charge in [0.2, 0.25) is 5.91 Å². The monoisotopic (exact) mass is 605 g/mol. The van der Waals surface area contributed by atoms with Crippen LogP contribution in [0.4, 0.5) is 0 Å². The van der Waals surface area contributed by atoms with Gasteiger partial charge in [-0.3, -0.25) is 4.79 Å². The zero-order valence-electron chi connectivity index (χ0n) is 25.7. The third-order valence-corrected chi connectivity index (χ3v) is 7.82. The number of nitrogens with one attached hydrogen (secondary N) is 1. The van der Waals surface area contributed by atoms with Crippen LogP contribution in [0.5, 0.6) is 0 Å². The Morgan fingerprint density at radius 3 is 2.05 bits per heavy atom. The molecular formula is C31H59NO10. The molecule has 11 heteroatoms. The summed E-state index contributed by atoms with van der Waals surface area (Å²) in [5.74, 6) is -0.717. The molecule has 1 fully saturated rings. The molecule has 9 atom stereocenters. The number of aliphatic hydroxyl groups excluding tert-OH is 7. The average Bonchev–Trinajstić information content (AvgIpc) is 2.98. The fourth-order valence-electron chi connectivity index (χ4n) is 4.95. The highest BCUT2D eigenvalue weighted by Gasteiger charge is 2.44. The third kappa shape index (κ3) is 15.0. The van der Waals surface area contributed by atoms with Crippen molar-refractivity contribution in [1.29, 1.82) is 0 Å². The van der Waals surface area contributed by atoms with Gasteiger partial charge in [0.25, 0.3) is 0 Å². The molecule has 1 aliphatic heterocycles. The second-order valence-corrected chi connectivity index (χ2v) is 11.5. The van der Waals surface area contributed by atoms with Gasteiger partial charge in [-0.1, -0.05) is 90.2 Å². The molecule has 0 aromatic heterocycles. The first-order valence-electron chi connectivity index (χ1n) is 16.1. The maximum absolute atomic E-state index is 12.8. The Hall–Kier alpha value is -1.15. The second-order valence-electron chi connectivity index (χ2n) is 11.5. The van der Waals surface area contributed by atoms with Crippen molar-refractivity contribution in [2.24, 2.45) is 0 Å².